The Morgan fingerprint density at radius 3 is 2.61 bits per heavy atom. The molecule has 5 N–H and O–H groups in total. The average Bonchev–Trinajstić information content (AvgIpc) is 3.27. The summed E-state index contributed by atoms with van der Waals surface area (Å²) < 4.78 is 20.4. The first-order valence-corrected chi connectivity index (χ1v) is 12.1. The van der Waals surface area contributed by atoms with E-state index in [4.69, 9.17) is 9.72 Å². The predicted molar refractivity (Wildman–Crippen MR) is 142 cm³/mol. The number of halogens is 1. The van der Waals surface area contributed by atoms with Crippen LogP contribution in [0.4, 0.5) is 15.9 Å². The molecule has 0 fully saturated rings. The number of hydrogen-bond donors (Lipinski definition) is 5. The minimum absolute atomic E-state index is 0.160. The number of hydrogen-bond acceptors (Lipinski definition) is 9. The molecule has 4 heterocycles. The molecule has 36 heavy (non-hydrogen) atoms. The third-order valence-electron chi connectivity index (χ3n) is 5.99. The van der Waals surface area contributed by atoms with Gasteiger partial charge < -0.3 is 35.7 Å². The summed E-state index contributed by atoms with van der Waals surface area (Å²) in [5, 5.41) is 20.3. The number of aliphatic imine (C=N–C) groups is 1. The van der Waals surface area contributed by atoms with Gasteiger partial charge in [-0.2, -0.15) is 9.97 Å². The smallest absolute Gasteiger partial charge is 0.325 e. The van der Waals surface area contributed by atoms with E-state index in [1.807, 2.05) is 20.9 Å². The third-order valence-corrected chi connectivity index (χ3v) is 5.99. The fourth-order valence-electron chi connectivity index (χ4n) is 4.23. The SMILES string of the molecule is CC.CNC1=CCN(c2nc(OC3=CNC(C(C)O)=NC3)nc3[nH]c4c(NC)cc(F)cc4c23)CC1. The molecule has 3 aromatic rings. The van der Waals surface area contributed by atoms with Crippen LogP contribution in [-0.4, -0.2) is 65.7 Å². The summed E-state index contributed by atoms with van der Waals surface area (Å²) in [7, 11) is 3.66. The molecule has 11 heteroatoms. The van der Waals surface area contributed by atoms with E-state index in [0.717, 1.165) is 23.9 Å². The van der Waals surface area contributed by atoms with E-state index in [2.05, 4.69) is 41.9 Å². The van der Waals surface area contributed by atoms with Crippen LogP contribution >= 0.6 is 0 Å². The number of nitrogens with one attached hydrogen (secondary N) is 4. The Balaban J connectivity index is 0.00000148. The summed E-state index contributed by atoms with van der Waals surface area (Å²) in [5.74, 6) is 1.32. The molecular weight excluding hydrogens is 463 g/mol. The molecular formula is C25H33FN8O2. The van der Waals surface area contributed by atoms with Crippen molar-refractivity contribution in [3.05, 3.63) is 41.7 Å². The molecule has 1 aromatic carbocycles. The molecule has 0 saturated carbocycles. The highest BCUT2D eigenvalue weighted by atomic mass is 19.1. The molecule has 0 spiro atoms. The van der Waals surface area contributed by atoms with Crippen LogP contribution in [0, 0.1) is 5.82 Å². The van der Waals surface area contributed by atoms with Crippen molar-refractivity contribution in [2.24, 2.45) is 4.99 Å². The highest BCUT2D eigenvalue weighted by molar-refractivity contribution is 6.14. The Morgan fingerprint density at radius 1 is 1.19 bits per heavy atom. The zero-order valence-corrected chi connectivity index (χ0v) is 21.2. The van der Waals surface area contributed by atoms with Crippen LogP contribution in [0.15, 0.2) is 40.9 Å². The van der Waals surface area contributed by atoms with Gasteiger partial charge in [0.05, 0.1) is 16.6 Å². The second kappa shape index (κ2) is 10.8. The van der Waals surface area contributed by atoms with Crippen LogP contribution in [0.1, 0.15) is 27.2 Å². The predicted octanol–water partition coefficient (Wildman–Crippen LogP) is 3.23. The van der Waals surface area contributed by atoms with Crippen LogP contribution in [0.2, 0.25) is 0 Å². The molecule has 1 atom stereocenters. The van der Waals surface area contributed by atoms with Gasteiger partial charge in [0.25, 0.3) is 0 Å². The lowest BCUT2D eigenvalue weighted by Gasteiger charge is -2.28. The molecule has 10 nitrogen and oxygen atoms in total. The number of fused-ring (bicyclic) bond motifs is 3. The van der Waals surface area contributed by atoms with Crippen molar-refractivity contribution in [1.29, 1.82) is 0 Å². The molecule has 192 valence electrons. The molecule has 0 bridgehead atoms. The monoisotopic (exact) mass is 496 g/mol. The topological polar surface area (TPSA) is 123 Å². The van der Waals surface area contributed by atoms with Crippen molar-refractivity contribution >= 4 is 39.3 Å². The summed E-state index contributed by atoms with van der Waals surface area (Å²) >= 11 is 0. The molecule has 0 radical (unpaired) electrons. The number of aliphatic hydroxyl groups excluding tert-OH is 1. The van der Waals surface area contributed by atoms with Gasteiger partial charge in [-0.1, -0.05) is 13.8 Å². The number of amidine groups is 1. The fourth-order valence-corrected chi connectivity index (χ4v) is 4.23. The zero-order valence-electron chi connectivity index (χ0n) is 21.2. The normalized spacial score (nSPS) is 16.3. The van der Waals surface area contributed by atoms with Gasteiger partial charge in [0, 0.05) is 50.9 Å². The number of ether oxygens (including phenoxy) is 1. The van der Waals surface area contributed by atoms with Gasteiger partial charge in [-0.3, -0.25) is 4.99 Å². The van der Waals surface area contributed by atoms with Crippen LogP contribution in [0.25, 0.3) is 21.9 Å². The maximum absolute atomic E-state index is 14.4. The Hall–Kier alpha value is -3.86. The van der Waals surface area contributed by atoms with Crippen LogP contribution < -0.4 is 25.6 Å². The maximum atomic E-state index is 14.4. The molecule has 0 saturated heterocycles. The minimum atomic E-state index is -0.695. The molecule has 2 aliphatic heterocycles. The number of anilines is 2. The van der Waals surface area contributed by atoms with Gasteiger partial charge in [-0.15, -0.1) is 0 Å². The number of nitrogens with zero attached hydrogens (tertiary/aromatic N) is 4. The highest BCUT2D eigenvalue weighted by Gasteiger charge is 2.23. The van der Waals surface area contributed by atoms with E-state index in [0.29, 0.717) is 40.7 Å². The number of aromatic nitrogens is 3. The van der Waals surface area contributed by atoms with E-state index in [9.17, 15) is 9.50 Å². The largest absolute Gasteiger partial charge is 0.425 e. The van der Waals surface area contributed by atoms with Gasteiger partial charge in [-0.05, 0) is 25.1 Å². The Labute approximate surface area is 209 Å². The van der Waals surface area contributed by atoms with Gasteiger partial charge in [0.2, 0.25) is 0 Å². The lowest BCUT2D eigenvalue weighted by molar-refractivity contribution is 0.257. The lowest BCUT2D eigenvalue weighted by Crippen LogP contribution is -2.33. The summed E-state index contributed by atoms with van der Waals surface area (Å²) in [5.41, 5.74) is 3.11. The Kier molecular flexibility index (Phi) is 7.58. The van der Waals surface area contributed by atoms with Crippen molar-refractivity contribution in [2.75, 3.05) is 43.9 Å². The van der Waals surface area contributed by atoms with Gasteiger partial charge >= 0.3 is 6.01 Å². The highest BCUT2D eigenvalue weighted by Crippen LogP contribution is 2.37. The number of H-pyrrole nitrogens is 1. The summed E-state index contributed by atoms with van der Waals surface area (Å²) in [6, 6.07) is 3.11. The van der Waals surface area contributed by atoms with Crippen LogP contribution in [0.3, 0.4) is 0 Å². The Morgan fingerprint density at radius 2 is 2.00 bits per heavy atom. The maximum Gasteiger partial charge on any atom is 0.325 e. The van der Waals surface area contributed by atoms with Gasteiger partial charge in [-0.25, -0.2) is 4.39 Å². The van der Waals surface area contributed by atoms with Crippen molar-refractivity contribution in [1.82, 2.24) is 25.6 Å². The number of aromatic amines is 1. The van der Waals surface area contributed by atoms with Crippen molar-refractivity contribution in [3.63, 3.8) is 0 Å². The summed E-state index contributed by atoms with van der Waals surface area (Å²) in [6.07, 6.45) is 3.90. The van der Waals surface area contributed by atoms with Crippen molar-refractivity contribution in [2.45, 2.75) is 33.3 Å². The first-order chi connectivity index (χ1) is 17.5. The van der Waals surface area contributed by atoms with E-state index in [1.54, 1.807) is 20.2 Å². The standard InChI is InChI=1S/C23H27FN8O2.C2H6/c1-12(33)20-27-10-15(11-28-20)34-23-30-21-18(16-8-13(24)9-17(26-3)19(16)29-21)22(31-23)32-6-4-14(25-2)5-7-32;1-2/h4,8-10,12,25-26,33H,5-7,11H2,1-3H3,(H,27,28)(H,29,30,31);1-2H3. The van der Waals surface area contributed by atoms with E-state index >= 15 is 0 Å². The molecule has 2 aliphatic rings. The molecule has 5 rings (SSSR count). The Bertz CT molecular complexity index is 1350. The van der Waals surface area contributed by atoms with E-state index in [1.165, 1.54) is 17.8 Å². The summed E-state index contributed by atoms with van der Waals surface area (Å²) in [4.78, 5) is 19.1. The molecule has 0 aliphatic carbocycles. The zero-order chi connectivity index (χ0) is 25.8. The average molecular weight is 497 g/mol. The molecule has 0 amide bonds. The van der Waals surface area contributed by atoms with Crippen LogP contribution in [-0.2, 0) is 0 Å². The number of aliphatic hydroxyl groups is 1. The van der Waals surface area contributed by atoms with E-state index < -0.39 is 6.10 Å². The molecule has 1 unspecified atom stereocenters. The second-order valence-corrected chi connectivity index (χ2v) is 8.21. The first-order valence-electron chi connectivity index (χ1n) is 12.1. The fraction of sp³-hybridized carbons (Fsp3) is 0.400. The van der Waals surface area contributed by atoms with Crippen molar-refractivity contribution < 1.29 is 14.2 Å². The lowest BCUT2D eigenvalue weighted by atomic mass is 10.1. The second-order valence-electron chi connectivity index (χ2n) is 8.21. The van der Waals surface area contributed by atoms with E-state index in [-0.39, 0.29) is 18.4 Å². The van der Waals surface area contributed by atoms with Gasteiger partial charge in [0.1, 0.15) is 41.5 Å². The third kappa shape index (κ3) is 4.92. The summed E-state index contributed by atoms with van der Waals surface area (Å²) in [6.45, 7) is 7.28. The first kappa shape index (κ1) is 25.2. The van der Waals surface area contributed by atoms with Crippen LogP contribution in [0.5, 0.6) is 6.01 Å². The quantitative estimate of drug-likeness (QED) is 0.353. The number of benzene rings is 1. The van der Waals surface area contributed by atoms with Crippen molar-refractivity contribution in [3.8, 4) is 6.01 Å². The molecule has 2 aromatic heterocycles. The number of rotatable bonds is 6. The van der Waals surface area contributed by atoms with Gasteiger partial charge in [0.15, 0.2) is 0 Å². The minimum Gasteiger partial charge on any atom is -0.425 e.